The molecular formula is C14H21ClN2O. The first-order valence-electron chi connectivity index (χ1n) is 6.15. The summed E-state index contributed by atoms with van der Waals surface area (Å²) in [5.41, 5.74) is 5.31. The molecule has 0 bridgehead atoms. The van der Waals surface area contributed by atoms with E-state index in [1.807, 2.05) is 38.1 Å². The van der Waals surface area contributed by atoms with E-state index < -0.39 is 0 Å². The molecular weight excluding hydrogens is 248 g/mol. The summed E-state index contributed by atoms with van der Waals surface area (Å²) in [6, 6.07) is 7.46. The van der Waals surface area contributed by atoms with Crippen molar-refractivity contribution in [1.29, 1.82) is 5.41 Å². The monoisotopic (exact) mass is 268 g/mol. The zero-order chi connectivity index (χ0) is 13.6. The molecule has 0 spiro atoms. The fourth-order valence-corrected chi connectivity index (χ4v) is 1.74. The van der Waals surface area contributed by atoms with Crippen LogP contribution in [0.5, 0.6) is 5.75 Å². The smallest absolute Gasteiger partial charge is 0.137 e. The Kier molecular flexibility index (Phi) is 5.48. The molecule has 18 heavy (non-hydrogen) atoms. The number of para-hydroxylation sites is 1. The Labute approximate surface area is 114 Å². The molecule has 0 amide bonds. The maximum absolute atomic E-state index is 7.47. The number of nitrogens with one attached hydrogen (secondary N) is 1. The van der Waals surface area contributed by atoms with Crippen molar-refractivity contribution < 1.29 is 4.74 Å². The second kappa shape index (κ2) is 6.64. The predicted octanol–water partition coefficient (Wildman–Crippen LogP) is 3.85. The van der Waals surface area contributed by atoms with Crippen LogP contribution in [0, 0.1) is 10.8 Å². The molecule has 1 aromatic rings. The molecule has 100 valence electrons. The lowest BCUT2D eigenvalue weighted by Gasteiger charge is -2.22. The van der Waals surface area contributed by atoms with Gasteiger partial charge < -0.3 is 10.5 Å². The number of ether oxygens (including phenoxy) is 1. The van der Waals surface area contributed by atoms with Gasteiger partial charge in [-0.05, 0) is 31.4 Å². The van der Waals surface area contributed by atoms with Crippen LogP contribution in [0.25, 0.3) is 0 Å². The summed E-state index contributed by atoms with van der Waals surface area (Å²) in [6.07, 6.45) is 2.81. The maximum atomic E-state index is 7.47. The Bertz CT molecular complexity index is 405. The number of halogens is 1. The molecule has 0 aliphatic rings. The summed E-state index contributed by atoms with van der Waals surface area (Å²) in [7, 11) is 0. The van der Waals surface area contributed by atoms with Crippen molar-refractivity contribution in [2.75, 3.05) is 6.61 Å². The molecule has 0 saturated heterocycles. The van der Waals surface area contributed by atoms with Crippen molar-refractivity contribution in [2.45, 2.75) is 33.1 Å². The fraction of sp³-hybridized carbons (Fsp3) is 0.500. The number of nitrogens with two attached hydrogens (primary N) is 1. The molecule has 0 aromatic heterocycles. The Morgan fingerprint density at radius 2 is 2.00 bits per heavy atom. The van der Waals surface area contributed by atoms with E-state index in [1.165, 1.54) is 0 Å². The van der Waals surface area contributed by atoms with E-state index in [1.54, 1.807) is 0 Å². The largest absolute Gasteiger partial charge is 0.492 e. The number of hydrogen-bond donors (Lipinski definition) is 2. The summed E-state index contributed by atoms with van der Waals surface area (Å²) in [6.45, 7) is 4.62. The normalized spacial score (nSPS) is 11.3. The van der Waals surface area contributed by atoms with Crippen LogP contribution in [0.3, 0.4) is 0 Å². The van der Waals surface area contributed by atoms with Crippen LogP contribution in [-0.2, 0) is 0 Å². The molecule has 0 saturated carbocycles. The second-order valence-corrected chi connectivity index (χ2v) is 5.44. The maximum Gasteiger partial charge on any atom is 0.137 e. The summed E-state index contributed by atoms with van der Waals surface area (Å²) in [5.74, 6) is 0.972. The Hall–Kier alpha value is -1.22. The zero-order valence-electron chi connectivity index (χ0n) is 11.0. The fourth-order valence-electron chi connectivity index (χ4n) is 1.55. The third kappa shape index (κ3) is 4.57. The van der Waals surface area contributed by atoms with Crippen LogP contribution in [0.15, 0.2) is 24.3 Å². The average Bonchev–Trinajstić information content (AvgIpc) is 2.30. The molecule has 0 unspecified atom stereocenters. The average molecular weight is 269 g/mol. The minimum absolute atomic E-state index is 0.218. The van der Waals surface area contributed by atoms with E-state index in [4.69, 9.17) is 27.5 Å². The van der Waals surface area contributed by atoms with Gasteiger partial charge in [0.2, 0.25) is 0 Å². The van der Waals surface area contributed by atoms with Crippen LogP contribution < -0.4 is 10.5 Å². The Balaban J connectivity index is 2.24. The Morgan fingerprint density at radius 1 is 1.33 bits per heavy atom. The highest BCUT2D eigenvalue weighted by Gasteiger charge is 2.20. The van der Waals surface area contributed by atoms with Crippen LogP contribution in [0.4, 0.5) is 0 Å². The molecule has 0 fully saturated rings. The van der Waals surface area contributed by atoms with Gasteiger partial charge in [-0.25, -0.2) is 0 Å². The van der Waals surface area contributed by atoms with Crippen molar-refractivity contribution in [2.24, 2.45) is 11.1 Å². The van der Waals surface area contributed by atoms with Crippen LogP contribution in [0.1, 0.15) is 33.1 Å². The number of hydrogen-bond acceptors (Lipinski definition) is 2. The zero-order valence-corrected chi connectivity index (χ0v) is 11.8. The first-order chi connectivity index (χ1) is 8.43. The minimum atomic E-state index is -0.218. The lowest BCUT2D eigenvalue weighted by molar-refractivity contribution is 0.296. The minimum Gasteiger partial charge on any atom is -0.492 e. The first-order valence-corrected chi connectivity index (χ1v) is 6.53. The number of benzene rings is 1. The molecule has 0 atom stereocenters. The number of unbranched alkanes of at least 4 members (excludes halogenated alkanes) is 1. The quantitative estimate of drug-likeness (QED) is 0.448. The molecule has 3 nitrogen and oxygen atoms in total. The van der Waals surface area contributed by atoms with Crippen molar-refractivity contribution in [3.05, 3.63) is 29.3 Å². The van der Waals surface area contributed by atoms with Gasteiger partial charge in [0, 0.05) is 5.41 Å². The van der Waals surface area contributed by atoms with E-state index in [2.05, 4.69) is 0 Å². The summed E-state index contributed by atoms with van der Waals surface area (Å²) < 4.78 is 5.60. The van der Waals surface area contributed by atoms with Gasteiger partial charge in [-0.2, -0.15) is 0 Å². The summed E-state index contributed by atoms with van der Waals surface area (Å²) in [4.78, 5) is 0. The van der Waals surface area contributed by atoms with Crippen LogP contribution >= 0.6 is 11.6 Å². The molecule has 0 aliphatic carbocycles. The van der Waals surface area contributed by atoms with Gasteiger partial charge in [0.25, 0.3) is 0 Å². The molecule has 0 heterocycles. The summed E-state index contributed by atoms with van der Waals surface area (Å²) >= 11 is 5.98. The third-order valence-electron chi connectivity index (χ3n) is 3.02. The molecule has 0 radical (unpaired) electrons. The van der Waals surface area contributed by atoms with Gasteiger partial charge in [-0.15, -0.1) is 0 Å². The molecule has 3 N–H and O–H groups in total. The van der Waals surface area contributed by atoms with Crippen molar-refractivity contribution in [3.63, 3.8) is 0 Å². The highest BCUT2D eigenvalue weighted by atomic mass is 35.5. The Morgan fingerprint density at radius 3 is 2.61 bits per heavy atom. The van der Waals surface area contributed by atoms with Gasteiger partial charge in [-0.3, -0.25) is 5.41 Å². The third-order valence-corrected chi connectivity index (χ3v) is 3.33. The molecule has 4 heteroatoms. The molecule has 1 aromatic carbocycles. The van der Waals surface area contributed by atoms with E-state index >= 15 is 0 Å². The first kappa shape index (κ1) is 14.8. The van der Waals surface area contributed by atoms with E-state index in [9.17, 15) is 0 Å². The van der Waals surface area contributed by atoms with Crippen molar-refractivity contribution >= 4 is 17.4 Å². The number of amidine groups is 1. The summed E-state index contributed by atoms with van der Waals surface area (Å²) in [5, 5.41) is 8.11. The lowest BCUT2D eigenvalue weighted by Crippen LogP contribution is -2.30. The van der Waals surface area contributed by atoms with Crippen LogP contribution in [-0.4, -0.2) is 12.4 Å². The van der Waals surface area contributed by atoms with E-state index in [0.29, 0.717) is 11.6 Å². The number of rotatable bonds is 7. The second-order valence-electron chi connectivity index (χ2n) is 5.03. The topological polar surface area (TPSA) is 59.1 Å². The predicted molar refractivity (Wildman–Crippen MR) is 76.5 cm³/mol. The van der Waals surface area contributed by atoms with Gasteiger partial charge in [-0.1, -0.05) is 37.6 Å². The van der Waals surface area contributed by atoms with Gasteiger partial charge in [0.1, 0.15) is 5.75 Å². The van der Waals surface area contributed by atoms with Crippen molar-refractivity contribution in [1.82, 2.24) is 0 Å². The molecule has 1 rings (SSSR count). The molecule has 0 aliphatic heterocycles. The van der Waals surface area contributed by atoms with Crippen molar-refractivity contribution in [3.8, 4) is 5.75 Å². The standard InChI is InChI=1S/C14H21ClN2O/c1-14(2,13(16)17)9-5-6-10-18-12-8-4-3-7-11(12)15/h3-4,7-8H,5-6,9-10H2,1-2H3,(H3,16,17). The lowest BCUT2D eigenvalue weighted by atomic mass is 9.86. The van der Waals surface area contributed by atoms with Gasteiger partial charge in [0.15, 0.2) is 0 Å². The SMILES string of the molecule is CC(C)(CCCCOc1ccccc1Cl)C(=N)N. The van der Waals surface area contributed by atoms with Crippen LogP contribution in [0.2, 0.25) is 5.02 Å². The van der Waals surface area contributed by atoms with Gasteiger partial charge >= 0.3 is 0 Å². The van der Waals surface area contributed by atoms with E-state index in [0.717, 1.165) is 25.0 Å². The highest BCUT2D eigenvalue weighted by Crippen LogP contribution is 2.25. The highest BCUT2D eigenvalue weighted by molar-refractivity contribution is 6.32. The van der Waals surface area contributed by atoms with E-state index in [-0.39, 0.29) is 11.3 Å². The van der Waals surface area contributed by atoms with Gasteiger partial charge in [0.05, 0.1) is 17.5 Å².